The van der Waals surface area contributed by atoms with Crippen molar-refractivity contribution in [1.29, 1.82) is 0 Å². The van der Waals surface area contributed by atoms with E-state index in [9.17, 15) is 8.42 Å². The van der Waals surface area contributed by atoms with Crippen molar-refractivity contribution in [3.05, 3.63) is 42.2 Å². The van der Waals surface area contributed by atoms with Gasteiger partial charge in [0.15, 0.2) is 9.84 Å². The molecule has 0 saturated heterocycles. The number of hydrogen-bond donors (Lipinski definition) is 2. The Kier molecular flexibility index (Phi) is 3.66. The van der Waals surface area contributed by atoms with E-state index in [1.807, 2.05) is 6.07 Å². The Morgan fingerprint density at radius 1 is 1.26 bits per heavy atom. The van der Waals surface area contributed by atoms with Gasteiger partial charge in [-0.15, -0.1) is 0 Å². The van der Waals surface area contributed by atoms with E-state index in [4.69, 9.17) is 5.73 Å². The lowest BCUT2D eigenvalue weighted by atomic mass is 10.2. The smallest absolute Gasteiger partial charge is 0.177 e. The first-order chi connectivity index (χ1) is 8.98. The molecule has 1 aromatic carbocycles. The summed E-state index contributed by atoms with van der Waals surface area (Å²) in [6.07, 6.45) is 2.72. The van der Waals surface area contributed by atoms with Gasteiger partial charge in [-0.05, 0) is 24.3 Å². The summed E-state index contributed by atoms with van der Waals surface area (Å²) >= 11 is 0. The number of nitrogens with two attached hydrogens (primary N) is 1. The molecule has 100 valence electrons. The fourth-order valence-corrected chi connectivity index (χ4v) is 2.47. The normalized spacial score (nSPS) is 11.2. The summed E-state index contributed by atoms with van der Waals surface area (Å²) in [6.45, 7) is 0.422. The summed E-state index contributed by atoms with van der Waals surface area (Å²) < 4.78 is 23.1. The number of aromatic nitrogens is 2. The second kappa shape index (κ2) is 5.23. The molecule has 0 atom stereocenters. The van der Waals surface area contributed by atoms with E-state index in [0.29, 0.717) is 12.2 Å². The van der Waals surface area contributed by atoms with Crippen molar-refractivity contribution in [2.24, 2.45) is 0 Å². The van der Waals surface area contributed by atoms with Crippen molar-refractivity contribution in [1.82, 2.24) is 10.2 Å². The largest absolute Gasteiger partial charge is 0.396 e. The number of rotatable bonds is 4. The zero-order valence-electron chi connectivity index (χ0n) is 10.4. The quantitative estimate of drug-likeness (QED) is 0.812. The molecule has 0 aliphatic carbocycles. The molecule has 0 unspecified atom stereocenters. The fraction of sp³-hybridized carbons (Fsp3) is 0.167. The highest BCUT2D eigenvalue weighted by Gasteiger charge is 2.13. The van der Waals surface area contributed by atoms with E-state index < -0.39 is 9.84 Å². The molecule has 0 spiro atoms. The van der Waals surface area contributed by atoms with Crippen LogP contribution in [0.25, 0.3) is 0 Å². The van der Waals surface area contributed by atoms with Gasteiger partial charge in [-0.2, -0.15) is 10.2 Å². The lowest BCUT2D eigenvalue weighted by Gasteiger charge is -2.11. The Morgan fingerprint density at radius 3 is 2.68 bits per heavy atom. The maximum atomic E-state index is 11.6. The van der Waals surface area contributed by atoms with Gasteiger partial charge in [0.1, 0.15) is 0 Å². The molecule has 0 bridgehead atoms. The van der Waals surface area contributed by atoms with Crippen molar-refractivity contribution in [3.63, 3.8) is 0 Å². The molecule has 2 aromatic rings. The first-order valence-electron chi connectivity index (χ1n) is 5.57. The van der Waals surface area contributed by atoms with Gasteiger partial charge in [0, 0.05) is 12.5 Å². The van der Waals surface area contributed by atoms with Crippen LogP contribution in [0.1, 0.15) is 5.69 Å². The number of nitrogens with one attached hydrogen (secondary N) is 1. The minimum atomic E-state index is -3.33. The SMILES string of the molecule is CS(=O)(=O)c1cccc(NCc2cccnn2)c1N. The van der Waals surface area contributed by atoms with Crippen LogP contribution in [-0.2, 0) is 16.4 Å². The van der Waals surface area contributed by atoms with E-state index >= 15 is 0 Å². The Morgan fingerprint density at radius 2 is 2.05 bits per heavy atom. The Labute approximate surface area is 111 Å². The third-order valence-corrected chi connectivity index (χ3v) is 3.71. The second-order valence-electron chi connectivity index (χ2n) is 4.06. The van der Waals surface area contributed by atoms with Crippen LogP contribution in [0.2, 0.25) is 0 Å². The number of sulfone groups is 1. The molecule has 0 fully saturated rings. The van der Waals surface area contributed by atoms with E-state index in [1.165, 1.54) is 6.07 Å². The highest BCUT2D eigenvalue weighted by molar-refractivity contribution is 7.90. The van der Waals surface area contributed by atoms with E-state index in [-0.39, 0.29) is 10.6 Å². The first-order valence-corrected chi connectivity index (χ1v) is 7.46. The molecule has 0 radical (unpaired) electrons. The number of nitrogens with zero attached hydrogens (tertiary/aromatic N) is 2. The molecule has 1 heterocycles. The van der Waals surface area contributed by atoms with Crippen LogP contribution in [-0.4, -0.2) is 24.9 Å². The summed E-state index contributed by atoms with van der Waals surface area (Å²) in [7, 11) is -3.33. The molecule has 0 aliphatic heterocycles. The average molecular weight is 278 g/mol. The Bertz CT molecular complexity index is 671. The van der Waals surface area contributed by atoms with E-state index in [1.54, 1.807) is 24.4 Å². The minimum Gasteiger partial charge on any atom is -0.396 e. The van der Waals surface area contributed by atoms with Gasteiger partial charge in [-0.3, -0.25) is 0 Å². The van der Waals surface area contributed by atoms with Gasteiger partial charge in [0.2, 0.25) is 0 Å². The number of para-hydroxylation sites is 1. The second-order valence-corrected chi connectivity index (χ2v) is 6.04. The monoisotopic (exact) mass is 278 g/mol. The summed E-state index contributed by atoms with van der Waals surface area (Å²) in [4.78, 5) is 0.122. The third-order valence-electron chi connectivity index (χ3n) is 2.55. The van der Waals surface area contributed by atoms with Crippen molar-refractivity contribution < 1.29 is 8.42 Å². The van der Waals surface area contributed by atoms with Crippen LogP contribution in [0.3, 0.4) is 0 Å². The van der Waals surface area contributed by atoms with Crippen molar-refractivity contribution >= 4 is 21.2 Å². The fourth-order valence-electron chi connectivity index (χ4n) is 1.63. The van der Waals surface area contributed by atoms with Crippen LogP contribution in [0.15, 0.2) is 41.4 Å². The Hall–Kier alpha value is -2.15. The van der Waals surface area contributed by atoms with Crippen molar-refractivity contribution in [3.8, 4) is 0 Å². The van der Waals surface area contributed by atoms with Gasteiger partial charge in [-0.1, -0.05) is 6.07 Å². The molecule has 3 N–H and O–H groups in total. The predicted octanol–water partition coefficient (Wildman–Crippen LogP) is 1.07. The van der Waals surface area contributed by atoms with Gasteiger partial charge < -0.3 is 11.1 Å². The summed E-state index contributed by atoms with van der Waals surface area (Å²) in [5.41, 5.74) is 7.38. The predicted molar refractivity (Wildman–Crippen MR) is 73.3 cm³/mol. The van der Waals surface area contributed by atoms with Gasteiger partial charge in [-0.25, -0.2) is 8.42 Å². The summed E-state index contributed by atoms with van der Waals surface area (Å²) in [5, 5.41) is 10.7. The molecule has 0 aliphatic rings. The van der Waals surface area contributed by atoms with E-state index in [2.05, 4.69) is 15.5 Å². The zero-order valence-corrected chi connectivity index (χ0v) is 11.2. The molecular weight excluding hydrogens is 264 g/mol. The zero-order chi connectivity index (χ0) is 13.9. The number of hydrogen-bond acceptors (Lipinski definition) is 6. The van der Waals surface area contributed by atoms with Crippen LogP contribution >= 0.6 is 0 Å². The number of nitrogen functional groups attached to an aromatic ring is 1. The van der Waals surface area contributed by atoms with Crippen LogP contribution in [0, 0.1) is 0 Å². The Balaban J connectivity index is 2.23. The standard InChI is InChI=1S/C12H14N4O2S/c1-19(17,18)11-6-2-5-10(12(11)13)14-8-9-4-3-7-15-16-9/h2-7,14H,8,13H2,1H3. The van der Waals surface area contributed by atoms with E-state index in [0.717, 1.165) is 11.9 Å². The highest BCUT2D eigenvalue weighted by Crippen LogP contribution is 2.26. The maximum absolute atomic E-state index is 11.6. The minimum absolute atomic E-state index is 0.122. The lowest BCUT2D eigenvalue weighted by Crippen LogP contribution is -2.08. The number of anilines is 2. The highest BCUT2D eigenvalue weighted by atomic mass is 32.2. The number of benzene rings is 1. The molecular formula is C12H14N4O2S. The van der Waals surface area contributed by atoms with Crippen LogP contribution in [0.4, 0.5) is 11.4 Å². The van der Waals surface area contributed by atoms with Crippen molar-refractivity contribution in [2.45, 2.75) is 11.4 Å². The first kappa shape index (κ1) is 13.3. The molecule has 6 nitrogen and oxygen atoms in total. The molecule has 19 heavy (non-hydrogen) atoms. The topological polar surface area (TPSA) is 98.0 Å². The summed E-state index contributed by atoms with van der Waals surface area (Å²) in [5.74, 6) is 0. The van der Waals surface area contributed by atoms with Crippen molar-refractivity contribution in [2.75, 3.05) is 17.3 Å². The van der Waals surface area contributed by atoms with Gasteiger partial charge in [0.25, 0.3) is 0 Å². The van der Waals surface area contributed by atoms with Crippen LogP contribution in [0.5, 0.6) is 0 Å². The molecule has 0 saturated carbocycles. The third kappa shape index (κ3) is 3.19. The molecule has 0 amide bonds. The summed E-state index contributed by atoms with van der Waals surface area (Å²) in [6, 6.07) is 8.45. The van der Waals surface area contributed by atoms with Gasteiger partial charge in [0.05, 0.1) is 28.5 Å². The average Bonchev–Trinajstić information content (AvgIpc) is 2.37. The van der Waals surface area contributed by atoms with Crippen LogP contribution < -0.4 is 11.1 Å². The molecule has 2 rings (SSSR count). The lowest BCUT2D eigenvalue weighted by molar-refractivity contribution is 0.602. The maximum Gasteiger partial charge on any atom is 0.177 e. The molecule has 7 heteroatoms. The van der Waals surface area contributed by atoms with Gasteiger partial charge >= 0.3 is 0 Å². The molecule has 1 aromatic heterocycles.